The van der Waals surface area contributed by atoms with Gasteiger partial charge in [0.1, 0.15) is 11.5 Å². The van der Waals surface area contributed by atoms with Gasteiger partial charge in [-0.2, -0.15) is 0 Å². The molecule has 0 bridgehead atoms. The molecule has 7 heteroatoms. The number of carbonyl (C=O) groups is 1. The Morgan fingerprint density at radius 3 is 2.78 bits per heavy atom. The molecule has 0 spiro atoms. The third-order valence-corrected chi connectivity index (χ3v) is 2.29. The molecule has 0 saturated carbocycles. The molecule has 0 radical (unpaired) electrons. The Balaban J connectivity index is 2.06. The van der Waals surface area contributed by atoms with Crippen LogP contribution in [-0.4, -0.2) is 27.8 Å². The predicted molar refractivity (Wildman–Crippen MR) is 60.8 cm³/mol. The molecular weight excluding hydrogens is 238 g/mol. The fraction of sp³-hybridized carbons (Fsp3) is 0.364. The van der Waals surface area contributed by atoms with Gasteiger partial charge in [0.2, 0.25) is 5.89 Å². The molecule has 2 N–H and O–H groups in total. The zero-order chi connectivity index (χ0) is 13.1. The molecule has 2 aromatic rings. The first-order valence-electron chi connectivity index (χ1n) is 5.38. The van der Waals surface area contributed by atoms with E-state index in [4.69, 9.17) is 13.9 Å². The number of aliphatic carboxylic acids is 1. The van der Waals surface area contributed by atoms with Crippen LogP contribution in [0.25, 0.3) is 11.5 Å². The summed E-state index contributed by atoms with van der Waals surface area (Å²) in [5.41, 5.74) is 0.754. The Hall–Kier alpha value is -2.15. The molecule has 0 aromatic carbocycles. The summed E-state index contributed by atoms with van der Waals surface area (Å²) < 4.78 is 10.8. The molecular formula is C11H13N3O4. The van der Waals surface area contributed by atoms with Gasteiger partial charge >= 0.3 is 5.97 Å². The second-order valence-corrected chi connectivity index (χ2v) is 3.83. The maximum absolute atomic E-state index is 10.3. The summed E-state index contributed by atoms with van der Waals surface area (Å²) in [4.78, 5) is 10.3. The van der Waals surface area contributed by atoms with E-state index in [1.807, 2.05) is 19.9 Å². The van der Waals surface area contributed by atoms with Crippen LogP contribution in [0, 0.1) is 13.8 Å². The first-order valence-corrected chi connectivity index (χ1v) is 5.38. The van der Waals surface area contributed by atoms with E-state index < -0.39 is 5.97 Å². The number of nitrogens with one attached hydrogen (secondary N) is 1. The van der Waals surface area contributed by atoms with Crippen LogP contribution in [0.2, 0.25) is 0 Å². The Morgan fingerprint density at radius 2 is 2.17 bits per heavy atom. The largest absolute Gasteiger partial charge is 0.480 e. The first kappa shape index (κ1) is 12.3. The van der Waals surface area contributed by atoms with Gasteiger partial charge < -0.3 is 13.9 Å². The molecule has 0 aliphatic heterocycles. The highest BCUT2D eigenvalue weighted by Gasteiger charge is 2.14. The summed E-state index contributed by atoms with van der Waals surface area (Å²) >= 11 is 0. The van der Waals surface area contributed by atoms with E-state index in [9.17, 15) is 4.79 Å². The van der Waals surface area contributed by atoms with Crippen LogP contribution >= 0.6 is 0 Å². The lowest BCUT2D eigenvalue weighted by atomic mass is 10.2. The molecule has 0 saturated heterocycles. The number of furan rings is 1. The summed E-state index contributed by atoms with van der Waals surface area (Å²) in [7, 11) is 0. The molecule has 0 unspecified atom stereocenters. The van der Waals surface area contributed by atoms with Gasteiger partial charge in [0.15, 0.2) is 0 Å². The van der Waals surface area contributed by atoms with Gasteiger partial charge in [0.25, 0.3) is 5.89 Å². The Bertz CT molecular complexity index is 558. The maximum Gasteiger partial charge on any atom is 0.317 e. The van der Waals surface area contributed by atoms with E-state index in [-0.39, 0.29) is 13.1 Å². The number of carboxylic acid groups (broad SMARTS) is 1. The lowest BCUT2D eigenvalue weighted by Gasteiger charge is -1.95. The quantitative estimate of drug-likeness (QED) is 0.820. The zero-order valence-electron chi connectivity index (χ0n) is 10.1. The topological polar surface area (TPSA) is 101 Å². The fourth-order valence-corrected chi connectivity index (χ4v) is 1.55. The molecule has 0 atom stereocenters. The summed E-state index contributed by atoms with van der Waals surface area (Å²) in [6.07, 6.45) is 0. The molecule has 7 nitrogen and oxygen atoms in total. The number of hydrogen-bond donors (Lipinski definition) is 2. The van der Waals surface area contributed by atoms with Crippen molar-refractivity contribution in [3.05, 3.63) is 23.5 Å². The molecule has 2 rings (SSSR count). The average molecular weight is 251 g/mol. The normalized spacial score (nSPS) is 10.8. The van der Waals surface area contributed by atoms with E-state index in [2.05, 4.69) is 15.5 Å². The van der Waals surface area contributed by atoms with Crippen molar-refractivity contribution in [3.63, 3.8) is 0 Å². The van der Waals surface area contributed by atoms with Gasteiger partial charge in [-0.15, -0.1) is 10.2 Å². The third kappa shape index (κ3) is 2.75. The van der Waals surface area contributed by atoms with E-state index in [1.54, 1.807) is 0 Å². The van der Waals surface area contributed by atoms with Crippen molar-refractivity contribution >= 4 is 5.97 Å². The highest BCUT2D eigenvalue weighted by atomic mass is 16.4. The Labute approximate surface area is 103 Å². The lowest BCUT2D eigenvalue weighted by molar-refractivity contribution is -0.136. The zero-order valence-corrected chi connectivity index (χ0v) is 10.1. The number of aryl methyl sites for hydroxylation is 2. The van der Waals surface area contributed by atoms with Crippen LogP contribution < -0.4 is 5.32 Å². The van der Waals surface area contributed by atoms with Crippen molar-refractivity contribution in [2.24, 2.45) is 0 Å². The molecule has 2 aromatic heterocycles. The van der Waals surface area contributed by atoms with E-state index in [1.165, 1.54) is 0 Å². The van der Waals surface area contributed by atoms with Crippen LogP contribution in [0.4, 0.5) is 0 Å². The SMILES string of the molecule is Cc1cc(-c2nnc(CNCC(=O)O)o2)c(C)o1. The van der Waals surface area contributed by atoms with E-state index in [0.29, 0.717) is 17.5 Å². The van der Waals surface area contributed by atoms with Gasteiger partial charge in [0.05, 0.1) is 18.7 Å². The molecule has 96 valence electrons. The summed E-state index contributed by atoms with van der Waals surface area (Å²) in [6, 6.07) is 1.82. The second-order valence-electron chi connectivity index (χ2n) is 3.83. The Kier molecular flexibility index (Phi) is 3.42. The molecule has 0 aliphatic carbocycles. The summed E-state index contributed by atoms with van der Waals surface area (Å²) in [6.45, 7) is 3.72. The number of aromatic nitrogens is 2. The van der Waals surface area contributed by atoms with Crippen LogP contribution in [0.15, 0.2) is 14.9 Å². The number of carboxylic acids is 1. The fourth-order valence-electron chi connectivity index (χ4n) is 1.55. The molecule has 2 heterocycles. The minimum Gasteiger partial charge on any atom is -0.480 e. The Morgan fingerprint density at radius 1 is 1.39 bits per heavy atom. The molecule has 0 amide bonds. The van der Waals surface area contributed by atoms with Gasteiger partial charge in [-0.05, 0) is 19.9 Å². The summed E-state index contributed by atoms with van der Waals surface area (Å²) in [5, 5.41) is 18.9. The van der Waals surface area contributed by atoms with Gasteiger partial charge in [-0.1, -0.05) is 0 Å². The van der Waals surface area contributed by atoms with Crippen LogP contribution in [-0.2, 0) is 11.3 Å². The average Bonchev–Trinajstić information content (AvgIpc) is 2.85. The van der Waals surface area contributed by atoms with E-state index in [0.717, 1.165) is 11.3 Å². The number of hydrogen-bond acceptors (Lipinski definition) is 6. The van der Waals surface area contributed by atoms with Crippen LogP contribution in [0.3, 0.4) is 0 Å². The first-order chi connectivity index (χ1) is 8.56. The van der Waals surface area contributed by atoms with Crippen molar-refractivity contribution < 1.29 is 18.7 Å². The third-order valence-electron chi connectivity index (χ3n) is 2.29. The van der Waals surface area contributed by atoms with Crippen molar-refractivity contribution in [3.8, 4) is 11.5 Å². The molecule has 0 aliphatic rings. The predicted octanol–water partition coefficient (Wildman–Crippen LogP) is 1.12. The minimum absolute atomic E-state index is 0.151. The van der Waals surface area contributed by atoms with Crippen LogP contribution in [0.1, 0.15) is 17.4 Å². The highest BCUT2D eigenvalue weighted by Crippen LogP contribution is 2.25. The molecule has 18 heavy (non-hydrogen) atoms. The van der Waals surface area contributed by atoms with E-state index >= 15 is 0 Å². The van der Waals surface area contributed by atoms with Gasteiger partial charge in [-0.25, -0.2) is 0 Å². The van der Waals surface area contributed by atoms with Crippen molar-refractivity contribution in [2.45, 2.75) is 20.4 Å². The van der Waals surface area contributed by atoms with Crippen molar-refractivity contribution in [1.82, 2.24) is 15.5 Å². The highest BCUT2D eigenvalue weighted by molar-refractivity contribution is 5.68. The van der Waals surface area contributed by atoms with Gasteiger partial charge in [0, 0.05) is 0 Å². The number of nitrogens with zero attached hydrogens (tertiary/aromatic N) is 2. The molecule has 0 fully saturated rings. The minimum atomic E-state index is -0.934. The smallest absolute Gasteiger partial charge is 0.317 e. The lowest BCUT2D eigenvalue weighted by Crippen LogP contribution is -2.21. The van der Waals surface area contributed by atoms with Crippen LogP contribution in [0.5, 0.6) is 0 Å². The van der Waals surface area contributed by atoms with Crippen molar-refractivity contribution in [1.29, 1.82) is 0 Å². The summed E-state index contributed by atoms with van der Waals surface area (Å²) in [5.74, 6) is 1.25. The number of rotatable bonds is 5. The monoisotopic (exact) mass is 251 g/mol. The van der Waals surface area contributed by atoms with Crippen molar-refractivity contribution in [2.75, 3.05) is 6.54 Å². The standard InChI is InChI=1S/C11H13N3O4/c1-6-3-8(7(2)17-6)11-14-13-9(18-11)4-12-5-10(15)16/h3,12H,4-5H2,1-2H3,(H,15,16). The van der Waals surface area contributed by atoms with Gasteiger partial charge in [-0.3, -0.25) is 10.1 Å². The maximum atomic E-state index is 10.3. The second kappa shape index (κ2) is 5.01.